The maximum absolute atomic E-state index is 12.4. The number of alkyl halides is 3. The Hall–Kier alpha value is -1.27. The van der Waals surface area contributed by atoms with Crippen molar-refractivity contribution in [1.29, 1.82) is 0 Å². The highest BCUT2D eigenvalue weighted by Crippen LogP contribution is 2.30. The predicted molar refractivity (Wildman–Crippen MR) is 85.3 cm³/mol. The van der Waals surface area contributed by atoms with Crippen LogP contribution >= 0.6 is 12.4 Å². The summed E-state index contributed by atoms with van der Waals surface area (Å²) in [6.07, 6.45) is -2.95. The predicted octanol–water partition coefficient (Wildman–Crippen LogP) is 3.17. The average Bonchev–Trinajstić information content (AvgIpc) is 3.26. The van der Waals surface area contributed by atoms with Crippen LogP contribution in [-0.2, 0) is 11.2 Å². The smallest absolute Gasteiger partial charge is 0.341 e. The highest BCUT2D eigenvalue weighted by molar-refractivity contribution is 5.85. The molecule has 0 bridgehead atoms. The molecule has 1 amide bonds. The lowest BCUT2D eigenvalue weighted by molar-refractivity contribution is -0.146. The Morgan fingerprint density at radius 1 is 1.26 bits per heavy atom. The summed E-state index contributed by atoms with van der Waals surface area (Å²) in [5.41, 5.74) is 6.82. The number of amides is 1. The second kappa shape index (κ2) is 8.55. The Balaban J connectivity index is 0.00000264. The molecule has 0 radical (unpaired) electrons. The van der Waals surface area contributed by atoms with Crippen molar-refractivity contribution in [2.75, 3.05) is 13.1 Å². The van der Waals surface area contributed by atoms with Crippen molar-refractivity contribution in [3.63, 3.8) is 0 Å². The maximum Gasteiger partial charge on any atom is 0.390 e. The van der Waals surface area contributed by atoms with E-state index in [0.29, 0.717) is 18.9 Å². The lowest BCUT2D eigenvalue weighted by Crippen LogP contribution is -2.46. The van der Waals surface area contributed by atoms with Gasteiger partial charge >= 0.3 is 6.18 Å². The molecule has 1 fully saturated rings. The third-order valence-corrected chi connectivity index (χ3v) is 3.77. The summed E-state index contributed by atoms with van der Waals surface area (Å²) in [7, 11) is 0. The van der Waals surface area contributed by atoms with E-state index in [1.807, 2.05) is 30.3 Å². The van der Waals surface area contributed by atoms with Gasteiger partial charge in [-0.15, -0.1) is 12.4 Å². The molecule has 23 heavy (non-hydrogen) atoms. The van der Waals surface area contributed by atoms with Crippen LogP contribution < -0.4 is 5.73 Å². The fourth-order valence-corrected chi connectivity index (χ4v) is 2.36. The van der Waals surface area contributed by atoms with E-state index in [1.165, 1.54) is 4.90 Å². The number of hydrogen-bond donors (Lipinski definition) is 1. The first kappa shape index (κ1) is 19.8. The van der Waals surface area contributed by atoms with E-state index in [9.17, 15) is 18.0 Å². The number of rotatable bonds is 7. The van der Waals surface area contributed by atoms with E-state index >= 15 is 0 Å². The molecule has 1 aromatic carbocycles. The Morgan fingerprint density at radius 3 is 2.39 bits per heavy atom. The lowest BCUT2D eigenvalue weighted by atomic mass is 10.1. The molecule has 2 rings (SSSR count). The summed E-state index contributed by atoms with van der Waals surface area (Å²) in [5, 5.41) is 0. The molecule has 0 aromatic heterocycles. The Labute approximate surface area is 140 Å². The van der Waals surface area contributed by atoms with Crippen LogP contribution in [0.3, 0.4) is 0 Å². The molecule has 2 N–H and O–H groups in total. The van der Waals surface area contributed by atoms with Crippen LogP contribution in [0.1, 0.15) is 24.8 Å². The van der Waals surface area contributed by atoms with Gasteiger partial charge in [-0.2, -0.15) is 13.2 Å². The molecule has 0 saturated heterocycles. The van der Waals surface area contributed by atoms with Gasteiger partial charge in [-0.3, -0.25) is 4.79 Å². The largest absolute Gasteiger partial charge is 0.390 e. The highest BCUT2D eigenvalue weighted by Gasteiger charge is 2.33. The number of benzene rings is 1. The third-order valence-electron chi connectivity index (χ3n) is 3.77. The van der Waals surface area contributed by atoms with E-state index in [4.69, 9.17) is 5.73 Å². The molecular weight excluding hydrogens is 329 g/mol. The average molecular weight is 351 g/mol. The first-order valence-corrected chi connectivity index (χ1v) is 7.50. The van der Waals surface area contributed by atoms with Crippen LogP contribution in [0.25, 0.3) is 0 Å². The van der Waals surface area contributed by atoms with Gasteiger partial charge in [0.1, 0.15) is 0 Å². The van der Waals surface area contributed by atoms with Gasteiger partial charge in [-0.25, -0.2) is 0 Å². The van der Waals surface area contributed by atoms with Gasteiger partial charge < -0.3 is 10.6 Å². The summed E-state index contributed by atoms with van der Waals surface area (Å²) in [4.78, 5) is 13.7. The summed E-state index contributed by atoms with van der Waals surface area (Å²) in [6, 6.07) is 8.47. The Morgan fingerprint density at radius 2 is 1.87 bits per heavy atom. The Bertz CT molecular complexity index is 492. The lowest BCUT2D eigenvalue weighted by Gasteiger charge is -2.26. The first-order chi connectivity index (χ1) is 10.3. The minimum absolute atomic E-state index is 0. The molecule has 0 aliphatic heterocycles. The van der Waals surface area contributed by atoms with Gasteiger partial charge in [0.05, 0.1) is 12.5 Å². The van der Waals surface area contributed by atoms with Crippen molar-refractivity contribution in [2.24, 2.45) is 11.7 Å². The van der Waals surface area contributed by atoms with Gasteiger partial charge in [0.25, 0.3) is 0 Å². The van der Waals surface area contributed by atoms with E-state index < -0.39 is 18.6 Å². The topological polar surface area (TPSA) is 46.3 Å². The molecule has 1 aromatic rings. The molecule has 1 aliphatic carbocycles. The molecule has 1 saturated carbocycles. The third kappa shape index (κ3) is 7.22. The van der Waals surface area contributed by atoms with Crippen molar-refractivity contribution >= 4 is 18.3 Å². The molecule has 0 unspecified atom stereocenters. The molecule has 1 atom stereocenters. The highest BCUT2D eigenvalue weighted by atomic mass is 35.5. The van der Waals surface area contributed by atoms with Crippen molar-refractivity contribution in [3.8, 4) is 0 Å². The number of hydrogen-bond acceptors (Lipinski definition) is 2. The van der Waals surface area contributed by atoms with Crippen LogP contribution in [0.5, 0.6) is 0 Å². The number of nitrogens with zero attached hydrogens (tertiary/aromatic N) is 1. The summed E-state index contributed by atoms with van der Waals surface area (Å²) < 4.78 is 37.2. The molecule has 0 spiro atoms. The van der Waals surface area contributed by atoms with Crippen molar-refractivity contribution in [1.82, 2.24) is 4.90 Å². The monoisotopic (exact) mass is 350 g/mol. The summed E-state index contributed by atoms with van der Waals surface area (Å²) in [6.45, 7) is 0.0821. The SMILES string of the molecule is Cl.N[C@@H](Cc1ccccc1)C(=O)N(CCC(F)(F)F)CC1CC1. The second-order valence-corrected chi connectivity index (χ2v) is 5.89. The number of halogens is 4. The van der Waals surface area contributed by atoms with Gasteiger partial charge in [0.2, 0.25) is 5.91 Å². The van der Waals surface area contributed by atoms with Crippen LogP contribution in [0.4, 0.5) is 13.2 Å². The van der Waals surface area contributed by atoms with Crippen LogP contribution in [0.2, 0.25) is 0 Å². The molecule has 1 aliphatic rings. The van der Waals surface area contributed by atoms with Gasteiger partial charge in [0.15, 0.2) is 0 Å². The molecule has 130 valence electrons. The quantitative estimate of drug-likeness (QED) is 0.821. The normalized spacial score (nSPS) is 15.7. The van der Waals surface area contributed by atoms with E-state index in [-0.39, 0.29) is 24.9 Å². The van der Waals surface area contributed by atoms with Crippen LogP contribution in [-0.4, -0.2) is 36.1 Å². The van der Waals surface area contributed by atoms with Crippen molar-refractivity contribution in [2.45, 2.75) is 37.9 Å². The number of nitrogens with two attached hydrogens (primary N) is 1. The minimum atomic E-state index is -4.26. The number of carbonyl (C=O) groups is 1. The summed E-state index contributed by atoms with van der Waals surface area (Å²) >= 11 is 0. The fraction of sp³-hybridized carbons (Fsp3) is 0.562. The maximum atomic E-state index is 12.4. The molecule has 7 heteroatoms. The van der Waals surface area contributed by atoms with Crippen molar-refractivity contribution < 1.29 is 18.0 Å². The molecule has 0 heterocycles. The van der Waals surface area contributed by atoms with E-state index in [2.05, 4.69) is 0 Å². The zero-order valence-corrected chi connectivity index (χ0v) is 13.6. The Kier molecular flexibility index (Phi) is 7.35. The van der Waals surface area contributed by atoms with Gasteiger partial charge in [-0.1, -0.05) is 30.3 Å². The van der Waals surface area contributed by atoms with Gasteiger partial charge in [-0.05, 0) is 30.7 Å². The number of carbonyl (C=O) groups excluding carboxylic acids is 1. The van der Waals surface area contributed by atoms with E-state index in [1.54, 1.807) is 0 Å². The summed E-state index contributed by atoms with van der Waals surface area (Å²) in [5.74, 6) is -0.0545. The molecule has 3 nitrogen and oxygen atoms in total. The first-order valence-electron chi connectivity index (χ1n) is 7.50. The zero-order chi connectivity index (χ0) is 16.2. The van der Waals surface area contributed by atoms with Crippen LogP contribution in [0, 0.1) is 5.92 Å². The minimum Gasteiger partial charge on any atom is -0.341 e. The van der Waals surface area contributed by atoms with Gasteiger partial charge in [0, 0.05) is 13.1 Å². The fourth-order valence-electron chi connectivity index (χ4n) is 2.36. The van der Waals surface area contributed by atoms with E-state index in [0.717, 1.165) is 18.4 Å². The van der Waals surface area contributed by atoms with Crippen LogP contribution in [0.15, 0.2) is 30.3 Å². The second-order valence-electron chi connectivity index (χ2n) is 5.89. The standard InChI is InChI=1S/C16H21F3N2O.ClH/c17-16(18,19)8-9-21(11-13-6-7-13)15(22)14(20)10-12-4-2-1-3-5-12;/h1-5,13-14H,6-11,20H2;1H/t14-;/m0./s1. The molecular formula is C16H22ClF3N2O. The van der Waals surface area contributed by atoms with Crippen molar-refractivity contribution in [3.05, 3.63) is 35.9 Å². The zero-order valence-electron chi connectivity index (χ0n) is 12.8.